The molecule has 24 heavy (non-hydrogen) atoms. The summed E-state index contributed by atoms with van der Waals surface area (Å²) in [6.45, 7) is 1.72. The topological polar surface area (TPSA) is 97.0 Å². The maximum Gasteiger partial charge on any atom is 0.388 e. The van der Waals surface area contributed by atoms with Crippen molar-refractivity contribution in [3.63, 3.8) is 0 Å². The molecule has 2 atom stereocenters. The van der Waals surface area contributed by atoms with E-state index in [4.69, 9.17) is 4.74 Å². The Labute approximate surface area is 137 Å². The summed E-state index contributed by atoms with van der Waals surface area (Å²) in [5.74, 6) is 1.92. The largest absolute Gasteiger partial charge is 0.476 e. The van der Waals surface area contributed by atoms with Crippen molar-refractivity contribution in [3.8, 4) is 11.8 Å². The molecule has 0 amide bonds. The van der Waals surface area contributed by atoms with Crippen molar-refractivity contribution in [3.05, 3.63) is 18.5 Å². The molecule has 0 aromatic carbocycles. The maximum absolute atomic E-state index is 12.1. The lowest BCUT2D eigenvalue weighted by atomic mass is 9.99. The minimum Gasteiger partial charge on any atom is -0.476 e. The minimum atomic E-state index is -2.93. The Morgan fingerprint density at radius 3 is 2.96 bits per heavy atom. The zero-order valence-electron chi connectivity index (χ0n) is 13.0. The van der Waals surface area contributed by atoms with E-state index in [1.165, 1.54) is 18.5 Å². The second kappa shape index (κ2) is 7.39. The molecule has 0 aliphatic carbocycles. The van der Waals surface area contributed by atoms with E-state index in [0.29, 0.717) is 36.0 Å². The van der Waals surface area contributed by atoms with Crippen molar-refractivity contribution < 1.29 is 18.3 Å². The summed E-state index contributed by atoms with van der Waals surface area (Å²) in [7, 11) is 0. The molecule has 3 rings (SSSR count). The van der Waals surface area contributed by atoms with Gasteiger partial charge in [0, 0.05) is 18.5 Å². The molecule has 2 aromatic heterocycles. The molecular formula is C14H18F2N6O2. The standard InChI is InChI=1S/C14H18F2N6O2/c1-8-3-17-4-9(8)7-23-13-6-18-5-11(20-13)19-10-2-12(22-21-10)24-14(15)16/h2,5-6,8-9,14,17H,3-4,7H2,1H3,(H2,19,20,21,22)/t8-,9+/m1/s1. The van der Waals surface area contributed by atoms with Crippen LogP contribution in [0.15, 0.2) is 18.5 Å². The minimum absolute atomic E-state index is 0.212. The Hall–Kier alpha value is -2.49. The van der Waals surface area contributed by atoms with Gasteiger partial charge in [-0.05, 0) is 12.5 Å². The summed E-state index contributed by atoms with van der Waals surface area (Å²) in [4.78, 5) is 8.32. The molecule has 3 N–H and O–H groups in total. The van der Waals surface area contributed by atoms with Gasteiger partial charge in [-0.1, -0.05) is 6.92 Å². The number of hydrogen-bond acceptors (Lipinski definition) is 7. The van der Waals surface area contributed by atoms with Crippen LogP contribution in [0.5, 0.6) is 11.8 Å². The van der Waals surface area contributed by atoms with Crippen molar-refractivity contribution in [1.82, 2.24) is 25.5 Å². The molecule has 1 saturated heterocycles. The average molecular weight is 340 g/mol. The Kier molecular flexibility index (Phi) is 5.04. The van der Waals surface area contributed by atoms with Crippen LogP contribution in [0.1, 0.15) is 6.92 Å². The first-order valence-electron chi connectivity index (χ1n) is 7.53. The first-order chi connectivity index (χ1) is 11.6. The fraction of sp³-hybridized carbons (Fsp3) is 0.500. The van der Waals surface area contributed by atoms with Gasteiger partial charge in [-0.15, -0.1) is 5.10 Å². The number of hydrogen-bond donors (Lipinski definition) is 3. The van der Waals surface area contributed by atoms with Crippen molar-refractivity contribution in [2.24, 2.45) is 11.8 Å². The zero-order chi connectivity index (χ0) is 16.9. The van der Waals surface area contributed by atoms with Crippen molar-refractivity contribution >= 4 is 11.6 Å². The van der Waals surface area contributed by atoms with Crippen LogP contribution >= 0.6 is 0 Å². The molecule has 0 unspecified atom stereocenters. The summed E-state index contributed by atoms with van der Waals surface area (Å²) in [6, 6.07) is 1.30. The van der Waals surface area contributed by atoms with Crippen LogP contribution in [-0.2, 0) is 0 Å². The van der Waals surface area contributed by atoms with Crippen LogP contribution in [0, 0.1) is 11.8 Å². The number of ether oxygens (including phenoxy) is 2. The van der Waals surface area contributed by atoms with Crippen LogP contribution in [0.4, 0.5) is 20.4 Å². The molecule has 1 fully saturated rings. The third kappa shape index (κ3) is 4.28. The molecule has 0 spiro atoms. The number of H-pyrrole nitrogens is 1. The monoisotopic (exact) mass is 340 g/mol. The van der Waals surface area contributed by atoms with E-state index in [0.717, 1.165) is 13.1 Å². The normalized spacial score (nSPS) is 20.3. The van der Waals surface area contributed by atoms with Crippen LogP contribution < -0.4 is 20.1 Å². The highest BCUT2D eigenvalue weighted by atomic mass is 19.3. The summed E-state index contributed by atoms with van der Waals surface area (Å²) < 4.78 is 34.1. The quantitative estimate of drug-likeness (QED) is 0.707. The van der Waals surface area contributed by atoms with Crippen LogP contribution in [0.3, 0.4) is 0 Å². The van der Waals surface area contributed by atoms with Crippen molar-refractivity contribution in [2.75, 3.05) is 25.0 Å². The van der Waals surface area contributed by atoms with Gasteiger partial charge in [0.15, 0.2) is 5.82 Å². The second-order valence-corrected chi connectivity index (χ2v) is 5.57. The lowest BCUT2D eigenvalue weighted by molar-refractivity contribution is -0.0528. The summed E-state index contributed by atoms with van der Waals surface area (Å²) >= 11 is 0. The molecule has 130 valence electrons. The summed E-state index contributed by atoms with van der Waals surface area (Å²) in [5, 5.41) is 12.3. The average Bonchev–Trinajstić information content (AvgIpc) is 3.14. The Morgan fingerprint density at radius 2 is 2.21 bits per heavy atom. The van der Waals surface area contributed by atoms with Gasteiger partial charge >= 0.3 is 6.61 Å². The number of nitrogens with zero attached hydrogens (tertiary/aromatic N) is 3. The number of aromatic amines is 1. The van der Waals surface area contributed by atoms with Gasteiger partial charge in [-0.2, -0.15) is 13.8 Å². The zero-order valence-corrected chi connectivity index (χ0v) is 13.0. The fourth-order valence-corrected chi connectivity index (χ4v) is 2.41. The van der Waals surface area contributed by atoms with E-state index >= 15 is 0 Å². The number of nitrogens with one attached hydrogen (secondary N) is 3. The first kappa shape index (κ1) is 16.4. The first-order valence-corrected chi connectivity index (χ1v) is 7.53. The molecule has 10 heteroatoms. The fourth-order valence-electron chi connectivity index (χ4n) is 2.41. The number of rotatable bonds is 7. The van der Waals surface area contributed by atoms with E-state index in [2.05, 4.69) is 42.5 Å². The van der Waals surface area contributed by atoms with Crippen LogP contribution in [0.2, 0.25) is 0 Å². The lowest BCUT2D eigenvalue weighted by Crippen LogP contribution is -2.19. The molecule has 1 aliphatic rings. The van der Waals surface area contributed by atoms with Gasteiger partial charge in [0.1, 0.15) is 5.82 Å². The maximum atomic E-state index is 12.1. The van der Waals surface area contributed by atoms with Crippen LogP contribution in [-0.4, -0.2) is 46.5 Å². The summed E-state index contributed by atoms with van der Waals surface area (Å²) in [6.07, 6.45) is 3.01. The molecule has 0 bridgehead atoms. The van der Waals surface area contributed by atoms with E-state index in [1.54, 1.807) is 0 Å². The predicted molar refractivity (Wildman–Crippen MR) is 81.6 cm³/mol. The van der Waals surface area contributed by atoms with E-state index < -0.39 is 6.61 Å². The molecule has 0 radical (unpaired) electrons. The summed E-state index contributed by atoms with van der Waals surface area (Å²) in [5.41, 5.74) is 0. The van der Waals surface area contributed by atoms with Gasteiger partial charge in [0.25, 0.3) is 0 Å². The smallest absolute Gasteiger partial charge is 0.388 e. The van der Waals surface area contributed by atoms with Gasteiger partial charge in [0.2, 0.25) is 11.8 Å². The Balaban J connectivity index is 1.57. The highest BCUT2D eigenvalue weighted by Gasteiger charge is 2.23. The lowest BCUT2D eigenvalue weighted by Gasteiger charge is -2.14. The number of alkyl halides is 2. The molecule has 1 aliphatic heterocycles. The molecular weight excluding hydrogens is 322 g/mol. The third-order valence-corrected chi connectivity index (χ3v) is 3.76. The second-order valence-electron chi connectivity index (χ2n) is 5.57. The van der Waals surface area contributed by atoms with E-state index in [-0.39, 0.29) is 5.88 Å². The number of halogens is 2. The third-order valence-electron chi connectivity index (χ3n) is 3.76. The number of aromatic nitrogens is 4. The van der Waals surface area contributed by atoms with Crippen molar-refractivity contribution in [1.29, 1.82) is 0 Å². The molecule has 3 heterocycles. The van der Waals surface area contributed by atoms with Gasteiger partial charge in [0.05, 0.1) is 19.0 Å². The molecule has 8 nitrogen and oxygen atoms in total. The molecule has 0 saturated carbocycles. The van der Waals surface area contributed by atoms with Gasteiger partial charge in [-0.3, -0.25) is 10.1 Å². The Bertz CT molecular complexity index is 668. The number of anilines is 2. The van der Waals surface area contributed by atoms with Gasteiger partial charge in [-0.25, -0.2) is 0 Å². The van der Waals surface area contributed by atoms with Crippen molar-refractivity contribution in [2.45, 2.75) is 13.5 Å². The van der Waals surface area contributed by atoms with E-state index in [9.17, 15) is 8.78 Å². The highest BCUT2D eigenvalue weighted by Crippen LogP contribution is 2.20. The van der Waals surface area contributed by atoms with Crippen LogP contribution in [0.25, 0.3) is 0 Å². The SMILES string of the molecule is C[C@@H]1CNC[C@H]1COc1cncc(Nc2cc(OC(F)F)n[nH]2)n1. The molecule has 2 aromatic rings. The van der Waals surface area contributed by atoms with Gasteiger partial charge < -0.3 is 20.1 Å². The Morgan fingerprint density at radius 1 is 1.33 bits per heavy atom. The highest BCUT2D eigenvalue weighted by molar-refractivity contribution is 5.51. The predicted octanol–water partition coefficient (Wildman–Crippen LogP) is 1.78. The van der Waals surface area contributed by atoms with E-state index in [1.807, 2.05) is 0 Å².